The van der Waals surface area contributed by atoms with Gasteiger partial charge in [0, 0.05) is 60.9 Å². The molecule has 0 unspecified atom stereocenters. The molecule has 56 heavy (non-hydrogen) atoms. The van der Waals surface area contributed by atoms with Gasteiger partial charge in [-0.05, 0) is 36.9 Å². The van der Waals surface area contributed by atoms with Gasteiger partial charge >= 0.3 is 29.8 Å². The van der Waals surface area contributed by atoms with Gasteiger partial charge in [0.05, 0.1) is 34.5 Å². The zero-order valence-corrected chi connectivity index (χ0v) is 32.2. The molecule has 2 aromatic rings. The van der Waals surface area contributed by atoms with Crippen LogP contribution in [0.2, 0.25) is 0 Å². The maximum Gasteiger partial charge on any atom is 0.338 e. The molecule has 13 heteroatoms. The van der Waals surface area contributed by atoms with E-state index in [0.29, 0.717) is 5.57 Å². The Kier molecular flexibility index (Phi) is 8.89. The third-order valence-corrected chi connectivity index (χ3v) is 14.0. The lowest BCUT2D eigenvalue weighted by Crippen LogP contribution is -2.81. The molecule has 1 N–H and O–H groups in total. The van der Waals surface area contributed by atoms with Crippen molar-refractivity contribution in [1.82, 2.24) is 4.90 Å². The van der Waals surface area contributed by atoms with Gasteiger partial charge in [-0.3, -0.25) is 19.3 Å². The van der Waals surface area contributed by atoms with E-state index in [0.717, 1.165) is 6.29 Å². The molecule has 13 nitrogen and oxygen atoms in total. The van der Waals surface area contributed by atoms with Gasteiger partial charge in [0.15, 0.2) is 0 Å². The smallest absolute Gasteiger partial charge is 0.338 e. The topological polar surface area (TPSA) is 172 Å². The minimum atomic E-state index is -1.54. The number of hydrogen-bond acceptors (Lipinski definition) is 13. The molecule has 0 aromatic heterocycles. The van der Waals surface area contributed by atoms with Gasteiger partial charge < -0.3 is 33.6 Å². The van der Waals surface area contributed by atoms with E-state index >= 15 is 0 Å². The van der Waals surface area contributed by atoms with Gasteiger partial charge in [0.25, 0.3) is 0 Å². The van der Waals surface area contributed by atoms with Gasteiger partial charge in [-0.1, -0.05) is 63.7 Å². The Balaban J connectivity index is 1.40. The lowest BCUT2D eigenvalue weighted by atomic mass is 9.37. The third-order valence-electron chi connectivity index (χ3n) is 14.0. The molecule has 6 saturated carbocycles. The number of rotatable bonds is 9. The first-order chi connectivity index (χ1) is 26.6. The van der Waals surface area contributed by atoms with Crippen LogP contribution >= 0.6 is 0 Å². The number of esters is 5. The van der Waals surface area contributed by atoms with Crippen molar-refractivity contribution >= 4 is 36.1 Å². The summed E-state index contributed by atoms with van der Waals surface area (Å²) < 4.78 is 31.9. The molecule has 6 aliphatic carbocycles. The van der Waals surface area contributed by atoms with E-state index in [1.165, 1.54) is 13.8 Å². The molecule has 0 radical (unpaired) electrons. The number of carbonyl (C=O) groups excluding carboxylic acids is 6. The molecule has 2 heterocycles. The summed E-state index contributed by atoms with van der Waals surface area (Å²) in [6, 6.07) is 15.1. The highest BCUT2D eigenvalue weighted by Gasteiger charge is 2.96. The average Bonchev–Trinajstić information content (AvgIpc) is 3.49. The summed E-state index contributed by atoms with van der Waals surface area (Å²) in [5.74, 6) is -7.42. The van der Waals surface area contributed by atoms with Crippen molar-refractivity contribution in [2.24, 2.45) is 45.8 Å². The number of likely N-dealkylation sites (N-methyl/N-ethyl adjacent to an activating group) is 1. The van der Waals surface area contributed by atoms with Crippen LogP contribution in [-0.2, 0) is 42.9 Å². The summed E-state index contributed by atoms with van der Waals surface area (Å²) in [6.45, 7) is 12.0. The fourth-order valence-corrected chi connectivity index (χ4v) is 12.8. The van der Waals surface area contributed by atoms with Crippen LogP contribution < -0.4 is 0 Å². The number of hydrogen-bond donors (Lipinski definition) is 1. The predicted octanol–water partition coefficient (Wildman–Crippen LogP) is 3.57. The van der Waals surface area contributed by atoms with E-state index in [1.54, 1.807) is 81.4 Å². The van der Waals surface area contributed by atoms with Crippen molar-refractivity contribution in [3.8, 4) is 0 Å². The fourth-order valence-electron chi connectivity index (χ4n) is 12.8. The Morgan fingerprint density at radius 1 is 0.821 bits per heavy atom. The number of benzene rings is 2. The molecule has 7 bridgehead atoms. The van der Waals surface area contributed by atoms with Crippen LogP contribution in [0.5, 0.6) is 0 Å². The van der Waals surface area contributed by atoms with Crippen molar-refractivity contribution in [3.05, 3.63) is 83.9 Å². The van der Waals surface area contributed by atoms with Crippen molar-refractivity contribution in [1.29, 1.82) is 0 Å². The van der Waals surface area contributed by atoms with Crippen LogP contribution in [0.4, 0.5) is 0 Å². The molecule has 8 aliphatic rings. The second-order valence-electron chi connectivity index (χ2n) is 17.1. The SMILES string of the molecule is C=C1[C@@H]2[C@@H](OC(C)=O)[C@@H]3[C@@]4([C@H]([C@H]2OC(=O)c2ccccc2)[C@H]2N(C)[C@@H]([C@@H]4O)[C@H]4[C@@]32[C@H](OC(C)=O)[C@@H](OC(=O)c2ccccc2)C[C@@]4(C)C=O)[C@H]1OC(=O)C(C)C. The monoisotopic (exact) mass is 769 g/mol. The number of aldehydes is 1. The Labute approximate surface area is 324 Å². The van der Waals surface area contributed by atoms with E-state index in [4.69, 9.17) is 23.7 Å². The minimum Gasteiger partial charge on any atom is -0.461 e. The van der Waals surface area contributed by atoms with Gasteiger partial charge in [0.1, 0.15) is 36.8 Å². The number of carbonyl (C=O) groups is 6. The maximum absolute atomic E-state index is 14.1. The van der Waals surface area contributed by atoms with Crippen LogP contribution in [0.3, 0.4) is 0 Å². The summed E-state index contributed by atoms with van der Waals surface area (Å²) in [4.78, 5) is 83.8. The second-order valence-corrected chi connectivity index (χ2v) is 17.1. The summed E-state index contributed by atoms with van der Waals surface area (Å²) in [5.41, 5.74) is -3.43. The summed E-state index contributed by atoms with van der Waals surface area (Å²) in [7, 11) is 1.81. The maximum atomic E-state index is 14.1. The highest BCUT2D eigenvalue weighted by molar-refractivity contribution is 5.90. The van der Waals surface area contributed by atoms with Crippen molar-refractivity contribution in [2.75, 3.05) is 7.05 Å². The first kappa shape index (κ1) is 38.0. The summed E-state index contributed by atoms with van der Waals surface area (Å²) >= 11 is 0. The molecule has 8 fully saturated rings. The van der Waals surface area contributed by atoms with Crippen molar-refractivity contribution in [3.63, 3.8) is 0 Å². The molecule has 296 valence electrons. The number of ether oxygens (including phenoxy) is 5. The Morgan fingerprint density at radius 2 is 1.39 bits per heavy atom. The largest absolute Gasteiger partial charge is 0.461 e. The van der Waals surface area contributed by atoms with Crippen LogP contribution in [0.15, 0.2) is 72.8 Å². The Bertz CT molecular complexity index is 2000. The molecule has 2 saturated heterocycles. The Hall–Kier alpha value is -4.88. The van der Waals surface area contributed by atoms with E-state index < -0.39 is 124 Å². The lowest BCUT2D eigenvalue weighted by Gasteiger charge is -2.71. The van der Waals surface area contributed by atoms with Crippen LogP contribution in [0.25, 0.3) is 0 Å². The third kappa shape index (κ3) is 4.85. The van der Waals surface area contributed by atoms with Crippen molar-refractivity contribution in [2.45, 2.75) is 89.7 Å². The normalized spacial score (nSPS) is 41.1. The number of piperidine rings is 1. The molecule has 2 aliphatic heterocycles. The van der Waals surface area contributed by atoms with Crippen LogP contribution in [0.1, 0.15) is 61.8 Å². The van der Waals surface area contributed by atoms with Crippen LogP contribution in [-0.4, -0.2) is 102 Å². The van der Waals surface area contributed by atoms with Gasteiger partial charge in [-0.25, -0.2) is 9.59 Å². The minimum absolute atomic E-state index is 0.0554. The molecule has 15 atom stereocenters. The van der Waals surface area contributed by atoms with E-state index in [-0.39, 0.29) is 17.5 Å². The highest BCUT2D eigenvalue weighted by atomic mass is 16.6. The number of nitrogens with zero attached hydrogens (tertiary/aromatic N) is 1. The molecule has 10 rings (SSSR count). The number of aliphatic hydroxyl groups is 1. The quantitative estimate of drug-likeness (QED) is 0.170. The highest BCUT2D eigenvalue weighted by Crippen LogP contribution is 2.85. The zero-order chi connectivity index (χ0) is 40.2. The van der Waals surface area contributed by atoms with Crippen LogP contribution in [0, 0.1) is 45.8 Å². The predicted molar refractivity (Wildman–Crippen MR) is 195 cm³/mol. The first-order valence-corrected chi connectivity index (χ1v) is 19.2. The van der Waals surface area contributed by atoms with E-state index in [1.807, 2.05) is 11.9 Å². The molecule has 2 spiro atoms. The first-order valence-electron chi connectivity index (χ1n) is 19.2. The fraction of sp³-hybridized carbons (Fsp3) is 0.535. The summed E-state index contributed by atoms with van der Waals surface area (Å²) in [5, 5.41) is 13.1. The molecular formula is C43H47NO12. The Morgan fingerprint density at radius 3 is 1.93 bits per heavy atom. The van der Waals surface area contributed by atoms with E-state index in [2.05, 4.69) is 6.58 Å². The molecule has 0 amide bonds. The number of fused-ring (bicyclic) bond motifs is 1. The lowest BCUT2D eigenvalue weighted by molar-refractivity contribution is -0.310. The molecular weight excluding hydrogens is 722 g/mol. The van der Waals surface area contributed by atoms with E-state index in [9.17, 15) is 33.9 Å². The number of aliphatic hydroxyl groups excluding tert-OH is 1. The zero-order valence-electron chi connectivity index (χ0n) is 32.2. The standard InChI is InChI=1S/C43H47NO12/c1-20(2)38(49)56-36-21(3)27-30(55-40(51)25-16-12-9-13-17-25)28-34-43-32(29(44(34)7)35(48)42(28,36)33(43)31(27)52-22(4)46)41(6,19-45)18-26(37(43)53-23(5)47)54-39(50)24-14-10-8-11-15-24/h8-17,19-20,26-37,48H,3,18H2,1-2,4-7H3/t26-,27-,28+,29+,30-,31+,32+,33+,34+,35-,36-,37+,41-,42+,43+/m0/s1. The van der Waals surface area contributed by atoms with Gasteiger partial charge in [-0.2, -0.15) is 0 Å². The average molecular weight is 770 g/mol. The summed E-state index contributed by atoms with van der Waals surface area (Å²) in [6.07, 6.45) is -6.48. The second kappa shape index (κ2) is 13.1. The van der Waals surface area contributed by atoms with Crippen molar-refractivity contribution < 1.29 is 57.6 Å². The van der Waals surface area contributed by atoms with Gasteiger partial charge in [-0.15, -0.1) is 0 Å². The molecule has 2 aromatic carbocycles. The van der Waals surface area contributed by atoms with Gasteiger partial charge in [0.2, 0.25) is 0 Å².